The van der Waals surface area contributed by atoms with Crippen LogP contribution in [0, 0.1) is 0 Å². The Morgan fingerprint density at radius 2 is 2.44 bits per heavy atom. The van der Waals surface area contributed by atoms with E-state index in [1.807, 2.05) is 12.2 Å². The SMILES string of the molecule is COCCO[C@@H]1COC2=CC(N)=CCC2N1. The summed E-state index contributed by atoms with van der Waals surface area (Å²) in [5.74, 6) is 0.909. The smallest absolute Gasteiger partial charge is 0.143 e. The highest BCUT2D eigenvalue weighted by molar-refractivity contribution is 5.27. The number of morpholine rings is 1. The van der Waals surface area contributed by atoms with Crippen molar-refractivity contribution in [2.45, 2.75) is 18.7 Å². The number of rotatable bonds is 4. The zero-order valence-corrected chi connectivity index (χ0v) is 9.44. The zero-order chi connectivity index (χ0) is 11.4. The molecule has 0 aromatic rings. The second-order valence-electron chi connectivity index (χ2n) is 3.87. The summed E-state index contributed by atoms with van der Waals surface area (Å²) in [5, 5.41) is 3.36. The molecule has 16 heavy (non-hydrogen) atoms. The van der Waals surface area contributed by atoms with Gasteiger partial charge >= 0.3 is 0 Å². The van der Waals surface area contributed by atoms with Crippen LogP contribution in [0.15, 0.2) is 23.6 Å². The van der Waals surface area contributed by atoms with E-state index in [-0.39, 0.29) is 12.3 Å². The van der Waals surface area contributed by atoms with Crippen LogP contribution in [0.2, 0.25) is 0 Å². The molecule has 2 rings (SSSR count). The van der Waals surface area contributed by atoms with Crippen LogP contribution in [0.3, 0.4) is 0 Å². The number of nitrogens with one attached hydrogen (secondary N) is 1. The second-order valence-corrected chi connectivity index (χ2v) is 3.87. The molecule has 0 amide bonds. The molecule has 0 bridgehead atoms. The van der Waals surface area contributed by atoms with E-state index < -0.39 is 0 Å². The lowest BCUT2D eigenvalue weighted by Gasteiger charge is -2.34. The van der Waals surface area contributed by atoms with Crippen molar-refractivity contribution in [1.29, 1.82) is 0 Å². The lowest BCUT2D eigenvalue weighted by atomic mass is 10.0. The molecule has 1 fully saturated rings. The quantitative estimate of drug-likeness (QED) is 0.665. The molecule has 0 spiro atoms. The number of methoxy groups -OCH3 is 1. The summed E-state index contributed by atoms with van der Waals surface area (Å²) in [6.07, 6.45) is 4.64. The van der Waals surface area contributed by atoms with E-state index in [0.717, 1.165) is 17.9 Å². The summed E-state index contributed by atoms with van der Waals surface area (Å²) in [5.41, 5.74) is 6.47. The van der Waals surface area contributed by atoms with E-state index in [0.29, 0.717) is 19.8 Å². The summed E-state index contributed by atoms with van der Waals surface area (Å²) in [7, 11) is 1.66. The lowest BCUT2D eigenvalue weighted by Crippen LogP contribution is -2.49. The molecule has 2 aliphatic rings. The van der Waals surface area contributed by atoms with Gasteiger partial charge in [-0.3, -0.25) is 5.32 Å². The van der Waals surface area contributed by atoms with Gasteiger partial charge in [0.25, 0.3) is 0 Å². The molecule has 5 heteroatoms. The molecule has 1 heterocycles. The van der Waals surface area contributed by atoms with Gasteiger partial charge in [0.2, 0.25) is 0 Å². The van der Waals surface area contributed by atoms with Crippen LogP contribution in [0.25, 0.3) is 0 Å². The molecule has 0 radical (unpaired) electrons. The third-order valence-corrected chi connectivity index (χ3v) is 2.64. The fraction of sp³-hybridized carbons (Fsp3) is 0.636. The average Bonchev–Trinajstić information content (AvgIpc) is 2.29. The summed E-state index contributed by atoms with van der Waals surface area (Å²) in [6.45, 7) is 1.68. The molecular formula is C11H18N2O3. The second kappa shape index (κ2) is 5.34. The first kappa shape index (κ1) is 11.4. The number of hydrogen-bond acceptors (Lipinski definition) is 5. The Labute approximate surface area is 95.2 Å². The first-order valence-electron chi connectivity index (χ1n) is 5.46. The van der Waals surface area contributed by atoms with Crippen LogP contribution in [-0.2, 0) is 14.2 Å². The van der Waals surface area contributed by atoms with Gasteiger partial charge in [0.05, 0.1) is 19.3 Å². The normalized spacial score (nSPS) is 28.8. The van der Waals surface area contributed by atoms with Crippen LogP contribution < -0.4 is 11.1 Å². The Morgan fingerprint density at radius 3 is 3.25 bits per heavy atom. The molecule has 90 valence electrons. The fourth-order valence-electron chi connectivity index (χ4n) is 1.80. The van der Waals surface area contributed by atoms with Crippen molar-refractivity contribution in [3.05, 3.63) is 23.6 Å². The van der Waals surface area contributed by atoms with Crippen LogP contribution >= 0.6 is 0 Å². The predicted octanol–water partition coefficient (Wildman–Crippen LogP) is 0.0941. The van der Waals surface area contributed by atoms with Crippen LogP contribution in [-0.4, -0.2) is 39.2 Å². The fourth-order valence-corrected chi connectivity index (χ4v) is 1.80. The Bertz CT molecular complexity index is 302. The van der Waals surface area contributed by atoms with Crippen molar-refractivity contribution in [3.8, 4) is 0 Å². The molecule has 1 unspecified atom stereocenters. The molecule has 1 aliphatic heterocycles. The third kappa shape index (κ3) is 2.75. The molecule has 1 saturated heterocycles. The highest BCUT2D eigenvalue weighted by Crippen LogP contribution is 2.21. The van der Waals surface area contributed by atoms with Crippen LogP contribution in [0.5, 0.6) is 0 Å². The Hall–Kier alpha value is -1.04. The van der Waals surface area contributed by atoms with E-state index in [1.54, 1.807) is 7.11 Å². The van der Waals surface area contributed by atoms with Gasteiger partial charge in [-0.15, -0.1) is 0 Å². The van der Waals surface area contributed by atoms with Crippen molar-refractivity contribution in [1.82, 2.24) is 5.32 Å². The van der Waals surface area contributed by atoms with E-state index in [9.17, 15) is 0 Å². The van der Waals surface area contributed by atoms with Crippen molar-refractivity contribution in [2.24, 2.45) is 5.73 Å². The number of allylic oxidation sites excluding steroid dienone is 1. The maximum atomic E-state index is 5.70. The van der Waals surface area contributed by atoms with Crippen molar-refractivity contribution >= 4 is 0 Å². The molecule has 1 aliphatic carbocycles. The lowest BCUT2D eigenvalue weighted by molar-refractivity contribution is -0.0642. The van der Waals surface area contributed by atoms with Crippen LogP contribution in [0.1, 0.15) is 6.42 Å². The van der Waals surface area contributed by atoms with Gasteiger partial charge in [-0.1, -0.05) is 6.08 Å². The van der Waals surface area contributed by atoms with E-state index in [1.165, 1.54) is 0 Å². The summed E-state index contributed by atoms with van der Waals surface area (Å²) < 4.78 is 16.1. The third-order valence-electron chi connectivity index (χ3n) is 2.64. The largest absolute Gasteiger partial charge is 0.492 e. The number of ether oxygens (including phenoxy) is 3. The van der Waals surface area contributed by atoms with Gasteiger partial charge in [-0.2, -0.15) is 0 Å². The van der Waals surface area contributed by atoms with Crippen molar-refractivity contribution in [2.75, 3.05) is 26.9 Å². The van der Waals surface area contributed by atoms with Gasteiger partial charge in [0.1, 0.15) is 18.6 Å². The number of nitrogens with two attached hydrogens (primary N) is 1. The first-order chi connectivity index (χ1) is 7.79. The van der Waals surface area contributed by atoms with Gasteiger partial charge < -0.3 is 19.9 Å². The monoisotopic (exact) mass is 226 g/mol. The van der Waals surface area contributed by atoms with Crippen molar-refractivity contribution < 1.29 is 14.2 Å². The molecular weight excluding hydrogens is 208 g/mol. The minimum absolute atomic E-state index is 0.0648. The average molecular weight is 226 g/mol. The predicted molar refractivity (Wildman–Crippen MR) is 59.5 cm³/mol. The van der Waals surface area contributed by atoms with Gasteiger partial charge in [-0.25, -0.2) is 0 Å². The first-order valence-corrected chi connectivity index (χ1v) is 5.46. The van der Waals surface area contributed by atoms with Gasteiger partial charge in [-0.05, 0) is 6.42 Å². The molecule has 0 aromatic heterocycles. The summed E-state index contributed by atoms with van der Waals surface area (Å²) >= 11 is 0. The molecule has 2 atom stereocenters. The molecule has 0 aromatic carbocycles. The van der Waals surface area contributed by atoms with E-state index in [4.69, 9.17) is 19.9 Å². The maximum Gasteiger partial charge on any atom is 0.143 e. The highest BCUT2D eigenvalue weighted by Gasteiger charge is 2.27. The van der Waals surface area contributed by atoms with Gasteiger partial charge in [0, 0.05) is 18.9 Å². The zero-order valence-electron chi connectivity index (χ0n) is 9.44. The van der Waals surface area contributed by atoms with E-state index >= 15 is 0 Å². The van der Waals surface area contributed by atoms with Gasteiger partial charge in [0.15, 0.2) is 0 Å². The maximum absolute atomic E-state index is 5.70. The van der Waals surface area contributed by atoms with E-state index in [2.05, 4.69) is 5.32 Å². The Kier molecular flexibility index (Phi) is 3.82. The Balaban J connectivity index is 1.81. The Morgan fingerprint density at radius 1 is 1.56 bits per heavy atom. The summed E-state index contributed by atoms with van der Waals surface area (Å²) in [4.78, 5) is 0. The minimum atomic E-state index is -0.0648. The summed E-state index contributed by atoms with van der Waals surface area (Å²) in [6, 6.07) is 0.189. The molecule has 3 N–H and O–H groups in total. The molecule has 5 nitrogen and oxygen atoms in total. The topological polar surface area (TPSA) is 65.7 Å². The number of fused-ring (bicyclic) bond motifs is 1. The highest BCUT2D eigenvalue weighted by atomic mass is 16.6. The minimum Gasteiger partial charge on any atom is -0.492 e. The van der Waals surface area contributed by atoms with Crippen molar-refractivity contribution in [3.63, 3.8) is 0 Å². The van der Waals surface area contributed by atoms with Crippen LogP contribution in [0.4, 0.5) is 0 Å². The molecule has 0 saturated carbocycles. The standard InChI is InChI=1S/C11H18N2O3/c1-14-4-5-15-11-7-16-10-6-8(12)2-3-9(10)13-11/h2,6,9,11,13H,3-5,7,12H2,1H3/t9?,11-/m1/s1. The number of hydrogen-bond donors (Lipinski definition) is 2.